The van der Waals surface area contributed by atoms with Crippen molar-refractivity contribution >= 4 is 23.2 Å². The molecule has 4 rings (SSSR count). The van der Waals surface area contributed by atoms with Gasteiger partial charge in [-0.2, -0.15) is 18.3 Å². The second kappa shape index (κ2) is 8.75. The molecular weight excluding hydrogens is 427 g/mol. The Morgan fingerprint density at radius 3 is 2.26 bits per heavy atom. The van der Waals surface area contributed by atoms with E-state index in [1.165, 1.54) is 49.1 Å². The Labute approximate surface area is 183 Å². The summed E-state index contributed by atoms with van der Waals surface area (Å²) >= 11 is 5.82. The summed E-state index contributed by atoms with van der Waals surface area (Å²) in [5, 5.41) is 6.76. The van der Waals surface area contributed by atoms with Crippen LogP contribution in [0.25, 0.3) is 5.69 Å². The molecule has 0 bridgehead atoms. The van der Waals surface area contributed by atoms with Crippen LogP contribution in [0.2, 0.25) is 5.02 Å². The van der Waals surface area contributed by atoms with Gasteiger partial charge in [-0.3, -0.25) is 4.79 Å². The monoisotopic (exact) mass is 447 g/mol. The summed E-state index contributed by atoms with van der Waals surface area (Å²) in [7, 11) is 0. The third-order valence-corrected chi connectivity index (χ3v) is 5.85. The van der Waals surface area contributed by atoms with E-state index < -0.39 is 23.3 Å². The number of rotatable bonds is 4. The highest BCUT2D eigenvalue weighted by molar-refractivity contribution is 6.30. The fourth-order valence-corrected chi connectivity index (χ4v) is 4.16. The van der Waals surface area contributed by atoms with Crippen LogP contribution >= 0.6 is 11.6 Å². The van der Waals surface area contributed by atoms with E-state index in [9.17, 15) is 18.0 Å². The molecule has 0 atom stereocenters. The van der Waals surface area contributed by atoms with E-state index in [0.717, 1.165) is 19.0 Å². The molecule has 1 aliphatic carbocycles. The molecule has 1 fully saturated rings. The van der Waals surface area contributed by atoms with Crippen molar-refractivity contribution in [3.8, 4) is 5.69 Å². The van der Waals surface area contributed by atoms with Gasteiger partial charge in [0.2, 0.25) is 0 Å². The van der Waals surface area contributed by atoms with Gasteiger partial charge in [0.25, 0.3) is 5.91 Å². The summed E-state index contributed by atoms with van der Waals surface area (Å²) < 4.78 is 42.1. The Morgan fingerprint density at radius 2 is 1.65 bits per heavy atom. The molecule has 0 radical (unpaired) electrons. The molecule has 1 aromatic heterocycles. The molecule has 0 spiro atoms. The van der Waals surface area contributed by atoms with Gasteiger partial charge in [0.15, 0.2) is 5.69 Å². The van der Waals surface area contributed by atoms with Crippen LogP contribution in [0.4, 0.5) is 18.9 Å². The third kappa shape index (κ3) is 4.77. The van der Waals surface area contributed by atoms with Crippen LogP contribution in [-0.4, -0.2) is 15.7 Å². The van der Waals surface area contributed by atoms with Crippen molar-refractivity contribution in [2.75, 3.05) is 5.32 Å². The summed E-state index contributed by atoms with van der Waals surface area (Å²) in [6.07, 6.45) is 2.13. The second-order valence-corrected chi connectivity index (χ2v) is 8.14. The molecule has 0 aliphatic heterocycles. The maximum Gasteiger partial charge on any atom is 0.434 e. The Balaban J connectivity index is 1.57. The molecule has 0 saturated heterocycles. The van der Waals surface area contributed by atoms with Crippen LogP contribution in [-0.2, 0) is 6.18 Å². The minimum Gasteiger partial charge on any atom is -0.322 e. The van der Waals surface area contributed by atoms with E-state index in [2.05, 4.69) is 10.4 Å². The number of anilines is 1. The number of amides is 1. The molecule has 1 aliphatic rings. The van der Waals surface area contributed by atoms with E-state index in [1.807, 2.05) is 12.1 Å². The zero-order chi connectivity index (χ0) is 22.0. The summed E-state index contributed by atoms with van der Waals surface area (Å²) in [6.45, 7) is 0. The van der Waals surface area contributed by atoms with E-state index in [1.54, 1.807) is 12.1 Å². The molecule has 1 N–H and O–H groups in total. The van der Waals surface area contributed by atoms with Gasteiger partial charge in [0.1, 0.15) is 0 Å². The highest BCUT2D eigenvalue weighted by Gasteiger charge is 2.40. The number of alkyl halides is 3. The van der Waals surface area contributed by atoms with Crippen molar-refractivity contribution in [3.05, 3.63) is 76.6 Å². The van der Waals surface area contributed by atoms with Gasteiger partial charge >= 0.3 is 6.18 Å². The maximum absolute atomic E-state index is 13.8. The Morgan fingerprint density at radius 1 is 1.00 bits per heavy atom. The normalized spacial score (nSPS) is 15.1. The third-order valence-electron chi connectivity index (χ3n) is 5.60. The average Bonchev–Trinajstić information content (AvgIpc) is 3.21. The van der Waals surface area contributed by atoms with Crippen LogP contribution < -0.4 is 5.32 Å². The first-order valence-corrected chi connectivity index (χ1v) is 10.5. The number of halogens is 4. The topological polar surface area (TPSA) is 46.9 Å². The number of hydrogen-bond acceptors (Lipinski definition) is 2. The molecule has 8 heteroatoms. The minimum atomic E-state index is -4.77. The number of nitrogens with one attached hydrogen (secondary N) is 1. The van der Waals surface area contributed by atoms with Gasteiger partial charge in [0, 0.05) is 10.7 Å². The summed E-state index contributed by atoms with van der Waals surface area (Å²) in [5.41, 5.74) is 0.124. The van der Waals surface area contributed by atoms with Crippen LogP contribution in [0.1, 0.15) is 59.6 Å². The second-order valence-electron chi connectivity index (χ2n) is 7.70. The molecule has 1 amide bonds. The molecule has 31 heavy (non-hydrogen) atoms. The molecular formula is C23H21ClF3N3O. The van der Waals surface area contributed by atoms with E-state index in [4.69, 9.17) is 11.6 Å². The predicted octanol–water partition coefficient (Wildman–Crippen LogP) is 6.84. The molecule has 3 aromatic rings. The van der Waals surface area contributed by atoms with Crippen LogP contribution in [0.3, 0.4) is 0 Å². The van der Waals surface area contributed by atoms with Crippen LogP contribution in [0, 0.1) is 0 Å². The molecule has 0 unspecified atom stereocenters. The molecule has 2 aromatic carbocycles. The van der Waals surface area contributed by atoms with E-state index in [-0.39, 0.29) is 5.69 Å². The van der Waals surface area contributed by atoms with Gasteiger partial charge in [-0.15, -0.1) is 0 Å². The maximum atomic E-state index is 13.8. The first kappa shape index (κ1) is 21.4. The quantitative estimate of drug-likeness (QED) is 0.475. The lowest BCUT2D eigenvalue weighted by atomic mass is 9.84. The van der Waals surface area contributed by atoms with Gasteiger partial charge in [0.05, 0.1) is 17.4 Å². The summed E-state index contributed by atoms with van der Waals surface area (Å²) in [6, 6.07) is 13.1. The lowest BCUT2D eigenvalue weighted by Gasteiger charge is -2.22. The first-order chi connectivity index (χ1) is 14.8. The number of benzene rings is 2. The lowest BCUT2D eigenvalue weighted by molar-refractivity contribution is -0.143. The highest BCUT2D eigenvalue weighted by Crippen LogP contribution is 2.35. The fraction of sp³-hybridized carbons (Fsp3) is 0.304. The largest absolute Gasteiger partial charge is 0.434 e. The smallest absolute Gasteiger partial charge is 0.322 e. The summed E-state index contributed by atoms with van der Waals surface area (Å²) in [5.74, 6) is -0.356. The number of carbonyl (C=O) groups excluding carboxylic acids is 1. The Kier molecular flexibility index (Phi) is 6.05. The first-order valence-electron chi connectivity index (χ1n) is 10.2. The van der Waals surface area contributed by atoms with Gasteiger partial charge in [-0.25, -0.2) is 4.68 Å². The van der Waals surface area contributed by atoms with Gasteiger partial charge in [-0.1, -0.05) is 43.0 Å². The average molecular weight is 448 g/mol. The van der Waals surface area contributed by atoms with Crippen molar-refractivity contribution in [2.45, 2.75) is 44.2 Å². The standard InChI is InChI=1S/C23H21ClF3N3O/c24-17-8-12-19(13-9-17)30-21(23(25,26)27)20(14-28-30)22(31)29-18-10-6-16(7-11-18)15-4-2-1-3-5-15/h6-15H,1-5H2,(H,29,31). The van der Waals surface area contributed by atoms with Crippen molar-refractivity contribution in [2.24, 2.45) is 0 Å². The number of nitrogens with zero attached hydrogens (tertiary/aromatic N) is 2. The molecule has 162 valence electrons. The van der Waals surface area contributed by atoms with E-state index >= 15 is 0 Å². The fourth-order valence-electron chi connectivity index (χ4n) is 4.04. The van der Waals surface area contributed by atoms with Crippen molar-refractivity contribution < 1.29 is 18.0 Å². The van der Waals surface area contributed by atoms with Crippen molar-refractivity contribution in [1.29, 1.82) is 0 Å². The highest BCUT2D eigenvalue weighted by atomic mass is 35.5. The number of aromatic nitrogens is 2. The van der Waals surface area contributed by atoms with Crippen molar-refractivity contribution in [1.82, 2.24) is 9.78 Å². The Bertz CT molecular complexity index is 1050. The SMILES string of the molecule is O=C(Nc1ccc(C2CCCCC2)cc1)c1cnn(-c2ccc(Cl)cc2)c1C(F)(F)F. The van der Waals surface area contributed by atoms with E-state index in [0.29, 0.717) is 21.3 Å². The molecule has 1 heterocycles. The van der Waals surface area contributed by atoms with Crippen molar-refractivity contribution in [3.63, 3.8) is 0 Å². The zero-order valence-electron chi connectivity index (χ0n) is 16.6. The summed E-state index contributed by atoms with van der Waals surface area (Å²) in [4.78, 5) is 12.7. The molecule has 4 nitrogen and oxygen atoms in total. The lowest BCUT2D eigenvalue weighted by Crippen LogP contribution is -2.20. The van der Waals surface area contributed by atoms with Gasteiger partial charge in [-0.05, 0) is 60.7 Å². The molecule has 1 saturated carbocycles. The number of hydrogen-bond donors (Lipinski definition) is 1. The minimum absolute atomic E-state index is 0.160. The zero-order valence-corrected chi connectivity index (χ0v) is 17.4. The van der Waals surface area contributed by atoms with Crippen LogP contribution in [0.5, 0.6) is 0 Å². The predicted molar refractivity (Wildman–Crippen MR) is 114 cm³/mol. The Hall–Kier alpha value is -2.80. The van der Waals surface area contributed by atoms with Crippen LogP contribution in [0.15, 0.2) is 54.7 Å². The van der Waals surface area contributed by atoms with Gasteiger partial charge < -0.3 is 5.32 Å². The number of carbonyl (C=O) groups is 1.